The first kappa shape index (κ1) is 37.0. The zero-order valence-corrected chi connectivity index (χ0v) is 32.4. The van der Waals surface area contributed by atoms with E-state index >= 15 is 0 Å². The van der Waals surface area contributed by atoms with Crippen molar-refractivity contribution < 1.29 is 23.5 Å². The fraction of sp³-hybridized carbons (Fsp3) is 0.304. The van der Waals surface area contributed by atoms with Gasteiger partial charge in [0.25, 0.3) is 11.5 Å². The average molecular weight is 775 g/mol. The van der Waals surface area contributed by atoms with Gasteiger partial charge in [-0.15, -0.1) is 0 Å². The number of furan rings is 1. The number of anilines is 2. The van der Waals surface area contributed by atoms with Crippen LogP contribution in [0.25, 0.3) is 33.1 Å². The minimum absolute atomic E-state index is 0.0168. The van der Waals surface area contributed by atoms with E-state index in [0.717, 1.165) is 95.6 Å². The van der Waals surface area contributed by atoms with Gasteiger partial charge in [0.2, 0.25) is 11.8 Å². The number of ether oxygens (including phenoxy) is 1. The number of pyridine rings is 3. The highest BCUT2D eigenvalue weighted by Gasteiger charge is 2.31. The molecule has 6 aromatic rings. The van der Waals surface area contributed by atoms with E-state index in [1.165, 1.54) is 5.56 Å². The van der Waals surface area contributed by atoms with Crippen LogP contribution in [0, 0.1) is 18.8 Å². The molecule has 0 spiro atoms. The number of nitrogens with one attached hydrogen (secondary N) is 2. The number of aryl methyl sites for hydroxylation is 3. The Hall–Kier alpha value is -6.58. The summed E-state index contributed by atoms with van der Waals surface area (Å²) < 4.78 is 13.1. The first-order chi connectivity index (χ1) is 28.2. The molecule has 1 atom stereocenters. The summed E-state index contributed by atoms with van der Waals surface area (Å²) in [5, 5.41) is 7.04. The van der Waals surface area contributed by atoms with Gasteiger partial charge >= 0.3 is 0 Å². The molecule has 0 radical (unpaired) electrons. The van der Waals surface area contributed by atoms with Crippen LogP contribution >= 0.6 is 0 Å². The maximum Gasteiger partial charge on any atom is 0.270 e. The summed E-state index contributed by atoms with van der Waals surface area (Å²) in [5.41, 5.74) is 9.95. The number of hydrogen-bond donors (Lipinski definition) is 2. The molecule has 3 aliphatic heterocycles. The molecule has 4 aromatic heterocycles. The second-order valence-electron chi connectivity index (χ2n) is 15.3. The Morgan fingerprint density at radius 2 is 1.83 bits per heavy atom. The SMILES string of the molecule is Cc1cc2c(N3CCCc4nc(-c5ccc(C(=O)NCC#Cc6ccc7occ(C8CCC(=O)NC8=O)c7c6)nc5)ccc43)cc(C3CCOCC3)cc2n(C)c1=O. The summed E-state index contributed by atoms with van der Waals surface area (Å²) in [6.45, 7) is 4.30. The molecule has 292 valence electrons. The number of carbonyl (C=O) groups is 3. The second kappa shape index (κ2) is 15.4. The normalized spacial score (nSPS) is 17.1. The van der Waals surface area contributed by atoms with Gasteiger partial charge in [-0.3, -0.25) is 34.5 Å². The number of carbonyl (C=O) groups excluding carboxylic acids is 3. The summed E-state index contributed by atoms with van der Waals surface area (Å²) in [7, 11) is 1.86. The first-order valence-corrected chi connectivity index (χ1v) is 19.8. The van der Waals surface area contributed by atoms with Crippen molar-refractivity contribution in [2.45, 2.75) is 57.3 Å². The molecule has 2 saturated heterocycles. The summed E-state index contributed by atoms with van der Waals surface area (Å²) in [6.07, 6.45) is 7.62. The van der Waals surface area contributed by atoms with E-state index in [2.05, 4.69) is 50.6 Å². The van der Waals surface area contributed by atoms with E-state index in [-0.39, 0.29) is 41.9 Å². The van der Waals surface area contributed by atoms with E-state index in [0.29, 0.717) is 29.0 Å². The molecule has 9 rings (SSSR count). The molecule has 0 bridgehead atoms. The highest BCUT2D eigenvalue weighted by molar-refractivity contribution is 6.03. The molecule has 7 heterocycles. The lowest BCUT2D eigenvalue weighted by atomic mass is 9.89. The maximum absolute atomic E-state index is 13.1. The minimum Gasteiger partial charge on any atom is -0.464 e. The Labute approximate surface area is 334 Å². The van der Waals surface area contributed by atoms with Gasteiger partial charge in [-0.25, -0.2) is 0 Å². The summed E-state index contributed by atoms with van der Waals surface area (Å²) in [5.74, 6) is 5.04. The second-order valence-corrected chi connectivity index (χ2v) is 15.3. The van der Waals surface area contributed by atoms with Gasteiger partial charge in [0, 0.05) is 72.5 Å². The topological polar surface area (TPSA) is 149 Å². The lowest BCUT2D eigenvalue weighted by Crippen LogP contribution is -2.39. The fourth-order valence-electron chi connectivity index (χ4n) is 8.50. The number of hydrogen-bond acceptors (Lipinski definition) is 9. The first-order valence-electron chi connectivity index (χ1n) is 19.8. The van der Waals surface area contributed by atoms with Gasteiger partial charge in [0.15, 0.2) is 0 Å². The lowest BCUT2D eigenvalue weighted by molar-refractivity contribution is -0.134. The predicted octanol–water partition coefficient (Wildman–Crippen LogP) is 6.33. The smallest absolute Gasteiger partial charge is 0.270 e. The molecule has 0 aliphatic carbocycles. The average Bonchev–Trinajstić information content (AvgIpc) is 3.67. The van der Waals surface area contributed by atoms with Gasteiger partial charge in [-0.2, -0.15) is 0 Å². The molecule has 3 amide bonds. The Balaban J connectivity index is 0.900. The van der Waals surface area contributed by atoms with Crippen molar-refractivity contribution in [1.82, 2.24) is 25.2 Å². The largest absolute Gasteiger partial charge is 0.464 e. The molecule has 12 nitrogen and oxygen atoms in total. The highest BCUT2D eigenvalue weighted by atomic mass is 16.5. The van der Waals surface area contributed by atoms with Crippen LogP contribution in [0.4, 0.5) is 11.4 Å². The highest BCUT2D eigenvalue weighted by Crippen LogP contribution is 2.41. The van der Waals surface area contributed by atoms with Gasteiger partial charge in [-0.05, 0) is 111 Å². The molecule has 2 fully saturated rings. The van der Waals surface area contributed by atoms with Crippen LogP contribution in [0.15, 0.2) is 82.3 Å². The quantitative estimate of drug-likeness (QED) is 0.146. The Morgan fingerprint density at radius 1 is 0.966 bits per heavy atom. The van der Waals surface area contributed by atoms with Gasteiger partial charge in [0.05, 0.1) is 47.0 Å². The Bertz CT molecular complexity index is 2750. The van der Waals surface area contributed by atoms with Crippen LogP contribution in [0.3, 0.4) is 0 Å². The van der Waals surface area contributed by atoms with Crippen LogP contribution in [0.2, 0.25) is 0 Å². The number of imide groups is 1. The summed E-state index contributed by atoms with van der Waals surface area (Å²) in [4.78, 5) is 62.1. The number of amides is 3. The van der Waals surface area contributed by atoms with E-state index in [1.807, 2.05) is 44.3 Å². The summed E-state index contributed by atoms with van der Waals surface area (Å²) in [6, 6.07) is 19.7. The van der Waals surface area contributed by atoms with E-state index in [9.17, 15) is 19.2 Å². The monoisotopic (exact) mass is 774 g/mol. The van der Waals surface area contributed by atoms with Gasteiger partial charge in [-0.1, -0.05) is 11.8 Å². The molecule has 2 aromatic carbocycles. The molecular formula is C46H42N6O6. The molecule has 58 heavy (non-hydrogen) atoms. The van der Waals surface area contributed by atoms with Gasteiger partial charge < -0.3 is 23.9 Å². The van der Waals surface area contributed by atoms with Crippen molar-refractivity contribution in [3.8, 4) is 23.1 Å². The number of nitrogens with zero attached hydrogens (tertiary/aromatic N) is 4. The minimum atomic E-state index is -0.463. The Kier molecular flexibility index (Phi) is 9.83. The zero-order chi connectivity index (χ0) is 39.9. The maximum atomic E-state index is 13.1. The van der Waals surface area contributed by atoms with Crippen molar-refractivity contribution in [3.63, 3.8) is 0 Å². The molecular weight excluding hydrogens is 733 g/mol. The van der Waals surface area contributed by atoms with Crippen molar-refractivity contribution >= 4 is 51.0 Å². The zero-order valence-electron chi connectivity index (χ0n) is 32.4. The predicted molar refractivity (Wildman–Crippen MR) is 220 cm³/mol. The van der Waals surface area contributed by atoms with Crippen LogP contribution in [-0.4, -0.2) is 58.6 Å². The van der Waals surface area contributed by atoms with Crippen LogP contribution < -0.4 is 21.1 Å². The standard InChI is InChI=1S/C46H42N6O6/c1-27-21-34-40(51(2)46(27)56)23-31(29-15-19-57-20-16-29)24-41(34)52-18-4-6-37-39(52)12-11-36(49-37)30-8-10-38(48-25-30)45(55)47-17-3-5-28-7-13-42-33(22-28)35(26-58-42)32-9-14-43(53)50-44(32)54/h7-8,10-13,21-26,29,32H,4,6,9,14-20H2,1-2H3,(H,47,55)(H,50,53,54). The molecule has 3 aliphatic rings. The van der Waals surface area contributed by atoms with Gasteiger partial charge in [0.1, 0.15) is 11.3 Å². The number of rotatable bonds is 6. The van der Waals surface area contributed by atoms with E-state index < -0.39 is 5.92 Å². The third-order valence-corrected chi connectivity index (χ3v) is 11.6. The third kappa shape index (κ3) is 7.03. The van der Waals surface area contributed by atoms with Crippen LogP contribution in [0.5, 0.6) is 0 Å². The number of piperidine rings is 1. The van der Waals surface area contributed by atoms with Crippen molar-refractivity contribution in [3.05, 3.63) is 117 Å². The van der Waals surface area contributed by atoms with Crippen molar-refractivity contribution in [2.75, 3.05) is 31.2 Å². The fourth-order valence-corrected chi connectivity index (χ4v) is 8.50. The summed E-state index contributed by atoms with van der Waals surface area (Å²) >= 11 is 0. The Morgan fingerprint density at radius 3 is 2.64 bits per heavy atom. The van der Waals surface area contributed by atoms with E-state index in [4.69, 9.17) is 14.1 Å². The van der Waals surface area contributed by atoms with Crippen LogP contribution in [-0.2, 0) is 27.8 Å². The number of aromatic nitrogens is 3. The third-order valence-electron chi connectivity index (χ3n) is 11.6. The van der Waals surface area contributed by atoms with Crippen LogP contribution in [0.1, 0.15) is 82.4 Å². The molecule has 0 saturated carbocycles. The molecule has 2 N–H and O–H groups in total. The van der Waals surface area contributed by atoms with Crippen molar-refractivity contribution in [1.29, 1.82) is 0 Å². The molecule has 1 unspecified atom stereocenters. The number of fused-ring (bicyclic) bond motifs is 3. The number of benzene rings is 2. The van der Waals surface area contributed by atoms with E-state index in [1.54, 1.807) is 29.2 Å². The van der Waals surface area contributed by atoms with Crippen molar-refractivity contribution in [2.24, 2.45) is 7.05 Å². The molecule has 12 heteroatoms. The lowest BCUT2D eigenvalue weighted by Gasteiger charge is -2.33.